The summed E-state index contributed by atoms with van der Waals surface area (Å²) in [4.78, 5) is 46.7. The van der Waals surface area contributed by atoms with Crippen LogP contribution in [0.5, 0.6) is 0 Å². The third kappa shape index (κ3) is 5.69. The predicted molar refractivity (Wildman–Crippen MR) is 86.8 cm³/mol. The van der Waals surface area contributed by atoms with E-state index in [2.05, 4.69) is 0 Å². The van der Waals surface area contributed by atoms with Crippen molar-refractivity contribution >= 4 is 23.9 Å². The van der Waals surface area contributed by atoms with Gasteiger partial charge in [-0.3, -0.25) is 19.2 Å². The van der Waals surface area contributed by atoms with E-state index in [-0.39, 0.29) is 25.9 Å². The summed E-state index contributed by atoms with van der Waals surface area (Å²) >= 11 is 0. The predicted octanol–water partition coefficient (Wildman–Crippen LogP) is 1.28. The number of esters is 3. The van der Waals surface area contributed by atoms with Crippen molar-refractivity contribution in [3.8, 4) is 0 Å². The minimum atomic E-state index is -1.27. The minimum Gasteiger partial charge on any atom is -0.481 e. The number of hydrogen-bond donors (Lipinski definition) is 1. The molecule has 1 saturated heterocycles. The first kappa shape index (κ1) is 21.9. The van der Waals surface area contributed by atoms with Crippen molar-refractivity contribution in [2.75, 3.05) is 6.61 Å². The number of rotatable bonds is 8. The van der Waals surface area contributed by atoms with Crippen LogP contribution in [-0.4, -0.2) is 54.1 Å². The zero-order valence-electron chi connectivity index (χ0n) is 15.4. The summed E-state index contributed by atoms with van der Waals surface area (Å²) in [6, 6.07) is 0. The molecular formula is C17H26O9. The van der Waals surface area contributed by atoms with Gasteiger partial charge in [0.05, 0.1) is 12.5 Å². The average Bonchev–Trinajstić information content (AvgIpc) is 2.62. The zero-order chi connectivity index (χ0) is 19.9. The Kier molecular flexibility index (Phi) is 8.50. The number of ether oxygens (including phenoxy) is 4. The highest BCUT2D eigenvalue weighted by atomic mass is 16.7. The first-order chi connectivity index (χ1) is 12.2. The van der Waals surface area contributed by atoms with Crippen molar-refractivity contribution < 1.29 is 43.2 Å². The minimum absolute atomic E-state index is 0.0402. The molecule has 1 aliphatic rings. The van der Waals surface area contributed by atoms with Crippen molar-refractivity contribution in [1.82, 2.24) is 0 Å². The van der Waals surface area contributed by atoms with Gasteiger partial charge in [0.25, 0.3) is 0 Å². The zero-order valence-corrected chi connectivity index (χ0v) is 15.4. The number of carbonyl (C=O) groups is 4. The summed E-state index contributed by atoms with van der Waals surface area (Å²) in [7, 11) is 0. The van der Waals surface area contributed by atoms with Crippen molar-refractivity contribution in [3.63, 3.8) is 0 Å². The van der Waals surface area contributed by atoms with Gasteiger partial charge in [-0.15, -0.1) is 0 Å². The lowest BCUT2D eigenvalue weighted by atomic mass is 9.84. The molecule has 0 aliphatic carbocycles. The first-order valence-corrected chi connectivity index (χ1v) is 8.67. The van der Waals surface area contributed by atoms with Crippen LogP contribution in [0.1, 0.15) is 47.0 Å². The molecule has 5 atom stereocenters. The maximum absolute atomic E-state index is 11.8. The number of aliphatic carboxylic acids is 1. The summed E-state index contributed by atoms with van der Waals surface area (Å²) in [5.74, 6) is -4.60. The van der Waals surface area contributed by atoms with E-state index in [9.17, 15) is 24.3 Å². The van der Waals surface area contributed by atoms with E-state index < -0.39 is 54.2 Å². The van der Waals surface area contributed by atoms with Gasteiger partial charge in [-0.25, -0.2) is 0 Å². The number of carboxylic acids is 1. The molecule has 1 aliphatic heterocycles. The van der Waals surface area contributed by atoms with Crippen LogP contribution >= 0.6 is 0 Å². The molecule has 0 radical (unpaired) electrons. The van der Waals surface area contributed by atoms with Crippen molar-refractivity contribution in [3.05, 3.63) is 0 Å². The highest BCUT2D eigenvalue weighted by Gasteiger charge is 2.50. The third-order valence-electron chi connectivity index (χ3n) is 4.15. The monoisotopic (exact) mass is 374 g/mol. The Morgan fingerprint density at radius 1 is 0.923 bits per heavy atom. The normalized spacial score (nSPS) is 26.5. The van der Waals surface area contributed by atoms with E-state index in [0.29, 0.717) is 0 Å². The topological polar surface area (TPSA) is 125 Å². The summed E-state index contributed by atoms with van der Waals surface area (Å²) in [5, 5.41) is 9.32. The molecule has 26 heavy (non-hydrogen) atoms. The molecule has 0 spiro atoms. The Morgan fingerprint density at radius 2 is 1.38 bits per heavy atom. The van der Waals surface area contributed by atoms with Gasteiger partial charge in [-0.1, -0.05) is 27.7 Å². The SMILES string of the molecule is CCC(=O)OC1OC[C@H](C(C)C(=O)O)[C@H](OC(=O)CC)[C@H]1OC(=O)CC. The molecule has 0 aromatic heterocycles. The molecule has 1 N–H and O–H groups in total. The molecule has 0 saturated carbocycles. The van der Waals surface area contributed by atoms with Crippen LogP contribution in [0.15, 0.2) is 0 Å². The molecule has 0 amide bonds. The van der Waals surface area contributed by atoms with Gasteiger partial charge in [0.2, 0.25) is 12.4 Å². The van der Waals surface area contributed by atoms with Crippen molar-refractivity contribution in [2.24, 2.45) is 11.8 Å². The smallest absolute Gasteiger partial charge is 0.307 e. The summed E-state index contributed by atoms with van der Waals surface area (Å²) < 4.78 is 21.3. The van der Waals surface area contributed by atoms with Crippen LogP contribution in [0, 0.1) is 11.8 Å². The number of hydrogen-bond acceptors (Lipinski definition) is 8. The van der Waals surface area contributed by atoms with Gasteiger partial charge in [-0.2, -0.15) is 0 Å². The van der Waals surface area contributed by atoms with Gasteiger partial charge < -0.3 is 24.1 Å². The fraction of sp³-hybridized carbons (Fsp3) is 0.765. The molecule has 1 rings (SSSR count). The number of carboxylic acid groups (broad SMARTS) is 1. The fourth-order valence-electron chi connectivity index (χ4n) is 2.47. The van der Waals surface area contributed by atoms with Crippen LogP contribution in [0.25, 0.3) is 0 Å². The van der Waals surface area contributed by atoms with Crippen LogP contribution < -0.4 is 0 Å². The van der Waals surface area contributed by atoms with E-state index in [1.54, 1.807) is 20.8 Å². The Bertz CT molecular complexity index is 530. The largest absolute Gasteiger partial charge is 0.481 e. The highest BCUT2D eigenvalue weighted by molar-refractivity contribution is 5.72. The molecule has 1 fully saturated rings. The molecular weight excluding hydrogens is 348 g/mol. The average molecular weight is 374 g/mol. The first-order valence-electron chi connectivity index (χ1n) is 8.67. The van der Waals surface area contributed by atoms with E-state index in [0.717, 1.165) is 0 Å². The number of carbonyl (C=O) groups excluding carboxylic acids is 3. The van der Waals surface area contributed by atoms with Gasteiger partial charge in [0.15, 0.2) is 6.10 Å². The van der Waals surface area contributed by atoms with Gasteiger partial charge >= 0.3 is 23.9 Å². The van der Waals surface area contributed by atoms with Crippen LogP contribution in [0.2, 0.25) is 0 Å². The maximum atomic E-state index is 11.8. The van der Waals surface area contributed by atoms with Crippen LogP contribution in [0.4, 0.5) is 0 Å². The van der Waals surface area contributed by atoms with E-state index in [4.69, 9.17) is 18.9 Å². The molecule has 148 valence electrons. The summed E-state index contributed by atoms with van der Waals surface area (Å²) in [5.41, 5.74) is 0. The Labute approximate surface area is 151 Å². The van der Waals surface area contributed by atoms with Crippen LogP contribution in [-0.2, 0) is 38.1 Å². The second-order valence-electron chi connectivity index (χ2n) is 5.95. The van der Waals surface area contributed by atoms with E-state index >= 15 is 0 Å². The molecule has 1 heterocycles. The summed E-state index contributed by atoms with van der Waals surface area (Å²) in [6.45, 7) is 6.06. The van der Waals surface area contributed by atoms with E-state index in [1.165, 1.54) is 6.92 Å². The quantitative estimate of drug-likeness (QED) is 0.494. The third-order valence-corrected chi connectivity index (χ3v) is 4.15. The van der Waals surface area contributed by atoms with Gasteiger partial charge in [0, 0.05) is 25.2 Å². The molecule has 9 heteroatoms. The maximum Gasteiger partial charge on any atom is 0.307 e. The molecule has 9 nitrogen and oxygen atoms in total. The fourth-order valence-corrected chi connectivity index (χ4v) is 2.47. The van der Waals surface area contributed by atoms with Crippen LogP contribution in [0.3, 0.4) is 0 Å². The highest BCUT2D eigenvalue weighted by Crippen LogP contribution is 2.32. The molecule has 2 unspecified atom stereocenters. The Hall–Kier alpha value is -2.16. The summed E-state index contributed by atoms with van der Waals surface area (Å²) in [6.07, 6.45) is -3.45. The standard InChI is InChI=1S/C17H26O9/c1-5-11(18)24-14-10(9(4)16(21)22)8-23-17(26-13(20)7-3)15(14)25-12(19)6-2/h9-10,14-15,17H,5-8H2,1-4H3,(H,21,22)/t9?,10-,14+,15-,17?/m1/s1. The Morgan fingerprint density at radius 3 is 1.85 bits per heavy atom. The molecule has 0 aromatic rings. The lowest BCUT2D eigenvalue weighted by Crippen LogP contribution is -2.57. The van der Waals surface area contributed by atoms with E-state index in [1.807, 2.05) is 0 Å². The lowest BCUT2D eigenvalue weighted by Gasteiger charge is -2.41. The Balaban J connectivity index is 3.19. The van der Waals surface area contributed by atoms with Crippen molar-refractivity contribution in [1.29, 1.82) is 0 Å². The molecule has 0 bridgehead atoms. The second kappa shape index (κ2) is 10.1. The second-order valence-corrected chi connectivity index (χ2v) is 5.95. The molecule has 0 aromatic carbocycles. The van der Waals surface area contributed by atoms with Gasteiger partial charge in [-0.05, 0) is 0 Å². The lowest BCUT2D eigenvalue weighted by molar-refractivity contribution is -0.268. The van der Waals surface area contributed by atoms with Gasteiger partial charge in [0.1, 0.15) is 0 Å². The van der Waals surface area contributed by atoms with Crippen molar-refractivity contribution in [2.45, 2.75) is 65.5 Å².